The molecule has 0 bridgehead atoms. The molecule has 1 N–H and O–H groups in total. The summed E-state index contributed by atoms with van der Waals surface area (Å²) in [5.74, 6) is -0.262. The van der Waals surface area contributed by atoms with Gasteiger partial charge in [0.1, 0.15) is 16.5 Å². The average Bonchev–Trinajstić information content (AvgIpc) is 2.89. The maximum atomic E-state index is 13.7. The molecule has 1 heterocycles. The van der Waals surface area contributed by atoms with E-state index in [0.717, 1.165) is 21.4 Å². The van der Waals surface area contributed by atoms with E-state index in [2.05, 4.69) is 9.97 Å². The van der Waals surface area contributed by atoms with Crippen molar-refractivity contribution in [3.05, 3.63) is 60.2 Å². The zero-order chi connectivity index (χ0) is 15.7. The molecule has 7 heteroatoms. The number of nitrogens with one attached hydrogen (secondary N) is 1. The maximum Gasteiger partial charge on any atom is 0.246 e. The number of H-pyrrole nitrogens is 1. The molecule has 0 radical (unpaired) electrons. The van der Waals surface area contributed by atoms with Gasteiger partial charge >= 0.3 is 0 Å². The molecule has 3 aromatic rings. The number of sulfonamides is 1. The lowest BCUT2D eigenvalue weighted by molar-refractivity contribution is 0.452. The first-order valence-corrected chi connectivity index (χ1v) is 8.07. The number of rotatable bonds is 4. The normalized spacial score (nSPS) is 12.1. The van der Waals surface area contributed by atoms with Gasteiger partial charge in [0.25, 0.3) is 0 Å². The van der Waals surface area contributed by atoms with Gasteiger partial charge in [0.15, 0.2) is 0 Å². The number of nitrogens with zero attached hydrogens (tertiary/aromatic N) is 2. The summed E-state index contributed by atoms with van der Waals surface area (Å²) in [6.07, 6.45) is 0. The smallest absolute Gasteiger partial charge is 0.246 e. The Labute approximate surface area is 127 Å². The molecule has 0 atom stereocenters. The Morgan fingerprint density at radius 1 is 1.14 bits per heavy atom. The predicted octanol–water partition coefficient (Wildman–Crippen LogP) is 2.52. The number of hydrogen-bond acceptors (Lipinski definition) is 3. The van der Waals surface area contributed by atoms with Crippen molar-refractivity contribution in [2.75, 3.05) is 7.05 Å². The van der Waals surface area contributed by atoms with Crippen LogP contribution < -0.4 is 0 Å². The zero-order valence-corrected chi connectivity index (χ0v) is 12.6. The van der Waals surface area contributed by atoms with Crippen LogP contribution in [-0.2, 0) is 16.6 Å². The number of fused-ring (bicyclic) bond motifs is 1. The fourth-order valence-electron chi connectivity index (χ4n) is 2.20. The molecule has 0 spiro atoms. The van der Waals surface area contributed by atoms with Crippen LogP contribution in [0.4, 0.5) is 4.39 Å². The van der Waals surface area contributed by atoms with Crippen molar-refractivity contribution in [3.63, 3.8) is 0 Å². The monoisotopic (exact) mass is 319 g/mol. The largest absolute Gasteiger partial charge is 0.341 e. The van der Waals surface area contributed by atoms with Gasteiger partial charge < -0.3 is 4.98 Å². The molecule has 2 aromatic carbocycles. The Hall–Kier alpha value is -2.25. The molecule has 22 heavy (non-hydrogen) atoms. The Bertz CT molecular complexity index is 888. The first-order valence-electron chi connectivity index (χ1n) is 6.63. The molecule has 0 saturated heterocycles. The SMILES string of the molecule is CN(Cc1nc2ccccc2[nH]1)S(=O)(=O)c1ccccc1F. The first-order chi connectivity index (χ1) is 10.5. The van der Waals surface area contributed by atoms with Crippen molar-refractivity contribution in [2.45, 2.75) is 11.4 Å². The van der Waals surface area contributed by atoms with Crippen molar-refractivity contribution >= 4 is 21.1 Å². The molecular formula is C15H14FN3O2S. The first kappa shape index (κ1) is 14.7. The third-order valence-electron chi connectivity index (χ3n) is 3.34. The second-order valence-electron chi connectivity index (χ2n) is 4.89. The minimum Gasteiger partial charge on any atom is -0.341 e. The van der Waals surface area contributed by atoms with Gasteiger partial charge in [0.2, 0.25) is 10.0 Å². The van der Waals surface area contributed by atoms with Crippen LogP contribution in [0.5, 0.6) is 0 Å². The Balaban J connectivity index is 1.90. The highest BCUT2D eigenvalue weighted by Gasteiger charge is 2.24. The molecule has 0 aliphatic carbocycles. The number of imidazole rings is 1. The van der Waals surface area contributed by atoms with Crippen LogP contribution in [0.3, 0.4) is 0 Å². The third-order valence-corrected chi connectivity index (χ3v) is 5.17. The summed E-state index contributed by atoms with van der Waals surface area (Å²) in [5.41, 5.74) is 1.59. The van der Waals surface area contributed by atoms with Crippen LogP contribution >= 0.6 is 0 Å². The molecular weight excluding hydrogens is 305 g/mol. The average molecular weight is 319 g/mol. The van der Waals surface area contributed by atoms with E-state index in [1.807, 2.05) is 24.3 Å². The van der Waals surface area contributed by atoms with Gasteiger partial charge in [0, 0.05) is 7.05 Å². The Morgan fingerprint density at radius 2 is 1.82 bits per heavy atom. The number of para-hydroxylation sites is 2. The molecule has 3 rings (SSSR count). The Morgan fingerprint density at radius 3 is 2.55 bits per heavy atom. The van der Waals surface area contributed by atoms with E-state index in [1.54, 1.807) is 0 Å². The van der Waals surface area contributed by atoms with Gasteiger partial charge in [0.05, 0.1) is 17.6 Å². The molecule has 0 aliphatic rings. The molecule has 0 saturated carbocycles. The molecule has 5 nitrogen and oxygen atoms in total. The van der Waals surface area contributed by atoms with E-state index >= 15 is 0 Å². The molecule has 0 aliphatic heterocycles. The molecule has 0 unspecified atom stereocenters. The van der Waals surface area contributed by atoms with Crippen LogP contribution in [0.15, 0.2) is 53.4 Å². The summed E-state index contributed by atoms with van der Waals surface area (Å²) in [6, 6.07) is 12.7. The number of benzene rings is 2. The summed E-state index contributed by atoms with van der Waals surface area (Å²) in [7, 11) is -2.51. The number of halogens is 1. The number of aromatic amines is 1. The fourth-order valence-corrected chi connectivity index (χ4v) is 3.39. The predicted molar refractivity (Wildman–Crippen MR) is 81.1 cm³/mol. The quantitative estimate of drug-likeness (QED) is 0.803. The minimum absolute atomic E-state index is 0.0331. The van der Waals surface area contributed by atoms with Gasteiger partial charge in [-0.25, -0.2) is 17.8 Å². The van der Waals surface area contributed by atoms with Crippen molar-refractivity contribution in [1.82, 2.24) is 14.3 Å². The highest BCUT2D eigenvalue weighted by molar-refractivity contribution is 7.89. The second-order valence-corrected chi connectivity index (χ2v) is 6.91. The maximum absolute atomic E-state index is 13.7. The van der Waals surface area contributed by atoms with Crippen LogP contribution in [0.25, 0.3) is 11.0 Å². The van der Waals surface area contributed by atoms with E-state index in [1.165, 1.54) is 25.2 Å². The third kappa shape index (κ3) is 2.60. The summed E-state index contributed by atoms with van der Waals surface area (Å²) >= 11 is 0. The van der Waals surface area contributed by atoms with Gasteiger partial charge in [-0.15, -0.1) is 0 Å². The van der Waals surface area contributed by atoms with E-state index in [4.69, 9.17) is 0 Å². The van der Waals surface area contributed by atoms with E-state index in [9.17, 15) is 12.8 Å². The lowest BCUT2D eigenvalue weighted by Crippen LogP contribution is -2.27. The highest BCUT2D eigenvalue weighted by atomic mass is 32.2. The zero-order valence-electron chi connectivity index (χ0n) is 11.8. The van der Waals surface area contributed by atoms with Crippen LogP contribution in [-0.4, -0.2) is 29.7 Å². The minimum atomic E-state index is -3.91. The van der Waals surface area contributed by atoms with Crippen molar-refractivity contribution in [1.29, 1.82) is 0 Å². The van der Waals surface area contributed by atoms with Crippen molar-refractivity contribution in [3.8, 4) is 0 Å². The summed E-state index contributed by atoms with van der Waals surface area (Å²) in [4.78, 5) is 7.04. The fraction of sp³-hybridized carbons (Fsp3) is 0.133. The summed E-state index contributed by atoms with van der Waals surface area (Å²) < 4.78 is 39.6. The van der Waals surface area contributed by atoms with Gasteiger partial charge in [-0.3, -0.25) is 0 Å². The molecule has 114 valence electrons. The molecule has 0 amide bonds. The lowest BCUT2D eigenvalue weighted by Gasteiger charge is -2.16. The van der Waals surface area contributed by atoms with Gasteiger partial charge in [-0.05, 0) is 24.3 Å². The highest BCUT2D eigenvalue weighted by Crippen LogP contribution is 2.19. The van der Waals surface area contributed by atoms with Crippen LogP contribution in [0.2, 0.25) is 0 Å². The van der Waals surface area contributed by atoms with E-state index < -0.39 is 15.8 Å². The van der Waals surface area contributed by atoms with Crippen LogP contribution in [0.1, 0.15) is 5.82 Å². The second kappa shape index (κ2) is 5.51. The topological polar surface area (TPSA) is 66.1 Å². The molecule has 1 aromatic heterocycles. The number of aromatic nitrogens is 2. The standard InChI is InChI=1S/C15H14FN3O2S/c1-19(22(20,21)14-9-5-2-6-11(14)16)10-15-17-12-7-3-4-8-13(12)18-15/h2-9H,10H2,1H3,(H,17,18). The lowest BCUT2D eigenvalue weighted by atomic mass is 10.3. The molecule has 0 fully saturated rings. The Kier molecular flexibility index (Phi) is 3.67. The van der Waals surface area contributed by atoms with Crippen molar-refractivity contribution in [2.24, 2.45) is 0 Å². The van der Waals surface area contributed by atoms with Gasteiger partial charge in [-0.1, -0.05) is 24.3 Å². The summed E-state index contributed by atoms with van der Waals surface area (Å²) in [5, 5.41) is 0. The van der Waals surface area contributed by atoms with Crippen molar-refractivity contribution < 1.29 is 12.8 Å². The number of hydrogen-bond donors (Lipinski definition) is 1. The van der Waals surface area contributed by atoms with E-state index in [0.29, 0.717) is 5.82 Å². The summed E-state index contributed by atoms with van der Waals surface area (Å²) in [6.45, 7) is 0.0331. The van der Waals surface area contributed by atoms with E-state index in [-0.39, 0.29) is 11.4 Å². The van der Waals surface area contributed by atoms with Crippen LogP contribution in [0, 0.1) is 5.82 Å². The van der Waals surface area contributed by atoms with Gasteiger partial charge in [-0.2, -0.15) is 4.31 Å².